The van der Waals surface area contributed by atoms with E-state index in [9.17, 15) is 4.79 Å². The maximum Gasteiger partial charge on any atom is 0.273 e. The van der Waals surface area contributed by atoms with Crippen LogP contribution in [0.15, 0.2) is 59.5 Å². The third kappa shape index (κ3) is 5.41. The molecule has 1 aromatic carbocycles. The van der Waals surface area contributed by atoms with Crippen LogP contribution in [0.3, 0.4) is 0 Å². The Morgan fingerprint density at radius 1 is 1.21 bits per heavy atom. The highest BCUT2D eigenvalue weighted by atomic mass is 35.5. The van der Waals surface area contributed by atoms with Gasteiger partial charge in [0.25, 0.3) is 5.91 Å². The number of hydrogen-bond donors (Lipinski definition) is 1. The summed E-state index contributed by atoms with van der Waals surface area (Å²) in [6.45, 7) is 5.74. The highest BCUT2D eigenvalue weighted by Crippen LogP contribution is 2.19. The lowest BCUT2D eigenvalue weighted by Crippen LogP contribution is -2.30. The Bertz CT molecular complexity index is 912. The summed E-state index contributed by atoms with van der Waals surface area (Å²) in [6.07, 6.45) is 4.80. The summed E-state index contributed by atoms with van der Waals surface area (Å²) in [5.41, 5.74) is 2.23. The van der Waals surface area contributed by atoms with E-state index in [-0.39, 0.29) is 17.6 Å². The fourth-order valence-electron chi connectivity index (χ4n) is 2.70. The summed E-state index contributed by atoms with van der Waals surface area (Å²) >= 11 is 6.28. The topological polar surface area (TPSA) is 71.3 Å². The molecular weight excluding hydrogens is 376 g/mol. The molecule has 0 unspecified atom stereocenters. The van der Waals surface area contributed by atoms with Crippen LogP contribution in [0.4, 0.5) is 0 Å². The van der Waals surface area contributed by atoms with Gasteiger partial charge in [-0.3, -0.25) is 14.7 Å². The quantitative estimate of drug-likeness (QED) is 0.619. The summed E-state index contributed by atoms with van der Waals surface area (Å²) in [6, 6.07) is 11.7. The van der Waals surface area contributed by atoms with Crippen LogP contribution in [0.25, 0.3) is 0 Å². The van der Waals surface area contributed by atoms with E-state index in [4.69, 9.17) is 16.0 Å². The number of pyridine rings is 1. The minimum atomic E-state index is -0.277. The monoisotopic (exact) mass is 398 g/mol. The van der Waals surface area contributed by atoms with Gasteiger partial charge in [0.05, 0.1) is 6.54 Å². The summed E-state index contributed by atoms with van der Waals surface area (Å²) in [7, 11) is 0. The predicted octanol–water partition coefficient (Wildman–Crippen LogP) is 4.06. The van der Waals surface area contributed by atoms with E-state index in [1.54, 1.807) is 12.4 Å². The molecular formula is C21H23ClN4O2. The van der Waals surface area contributed by atoms with Crippen LogP contribution >= 0.6 is 11.6 Å². The van der Waals surface area contributed by atoms with Gasteiger partial charge < -0.3 is 9.73 Å². The Morgan fingerprint density at radius 2 is 2.04 bits per heavy atom. The van der Waals surface area contributed by atoms with Gasteiger partial charge in [0.2, 0.25) is 5.89 Å². The zero-order valence-electron chi connectivity index (χ0n) is 15.9. The van der Waals surface area contributed by atoms with E-state index in [2.05, 4.69) is 34.0 Å². The molecule has 146 valence electrons. The van der Waals surface area contributed by atoms with E-state index in [0.29, 0.717) is 25.5 Å². The average molecular weight is 399 g/mol. The number of halogens is 1. The first-order chi connectivity index (χ1) is 13.5. The molecule has 0 fully saturated rings. The minimum Gasteiger partial charge on any atom is -0.447 e. The van der Waals surface area contributed by atoms with E-state index in [0.717, 1.165) is 16.1 Å². The zero-order chi connectivity index (χ0) is 19.9. The number of carbonyl (C=O) groups excluding carboxylic acids is 1. The second kappa shape index (κ2) is 9.48. The van der Waals surface area contributed by atoms with E-state index in [1.165, 1.54) is 6.26 Å². The smallest absolute Gasteiger partial charge is 0.273 e. The Balaban J connectivity index is 1.61. The lowest BCUT2D eigenvalue weighted by Gasteiger charge is -2.25. The predicted molar refractivity (Wildman–Crippen MR) is 108 cm³/mol. The van der Waals surface area contributed by atoms with Gasteiger partial charge in [0.15, 0.2) is 5.69 Å². The van der Waals surface area contributed by atoms with E-state index < -0.39 is 0 Å². The summed E-state index contributed by atoms with van der Waals surface area (Å²) in [5, 5.41) is 3.55. The zero-order valence-corrected chi connectivity index (χ0v) is 16.7. The molecule has 0 saturated carbocycles. The highest BCUT2D eigenvalue weighted by Gasteiger charge is 2.17. The fraction of sp³-hybridized carbons (Fsp3) is 0.286. The molecule has 0 aliphatic heterocycles. The number of amides is 1. The SMILES string of the molecule is CC(C)N(Cc1nc(C(=O)NCc2cccnc2)co1)Cc1ccccc1Cl. The highest BCUT2D eigenvalue weighted by molar-refractivity contribution is 6.31. The molecule has 2 aromatic heterocycles. The van der Waals surface area contributed by atoms with Crippen molar-refractivity contribution in [3.63, 3.8) is 0 Å². The molecule has 2 heterocycles. The number of carbonyl (C=O) groups is 1. The molecule has 0 saturated heterocycles. The van der Waals surface area contributed by atoms with Crippen LogP contribution in [0, 0.1) is 0 Å². The second-order valence-corrected chi connectivity index (χ2v) is 7.17. The number of rotatable bonds is 8. The van der Waals surface area contributed by atoms with Crippen molar-refractivity contribution >= 4 is 17.5 Å². The van der Waals surface area contributed by atoms with Crippen molar-refractivity contribution in [2.45, 2.75) is 39.5 Å². The number of benzene rings is 1. The molecule has 3 rings (SSSR count). The first-order valence-corrected chi connectivity index (χ1v) is 9.49. The largest absolute Gasteiger partial charge is 0.447 e. The third-order valence-corrected chi connectivity index (χ3v) is 4.73. The maximum atomic E-state index is 12.3. The number of nitrogens with one attached hydrogen (secondary N) is 1. The van der Waals surface area contributed by atoms with Crippen molar-refractivity contribution in [3.8, 4) is 0 Å². The summed E-state index contributed by atoms with van der Waals surface area (Å²) in [4.78, 5) is 22.9. The lowest BCUT2D eigenvalue weighted by atomic mass is 10.2. The van der Waals surface area contributed by atoms with Crippen LogP contribution in [0.1, 0.15) is 41.4 Å². The first-order valence-electron chi connectivity index (χ1n) is 9.12. The van der Waals surface area contributed by atoms with Crippen molar-refractivity contribution in [1.82, 2.24) is 20.2 Å². The number of hydrogen-bond acceptors (Lipinski definition) is 5. The van der Waals surface area contributed by atoms with Crippen molar-refractivity contribution in [2.24, 2.45) is 0 Å². The van der Waals surface area contributed by atoms with Crippen LogP contribution in [-0.2, 0) is 19.6 Å². The average Bonchev–Trinajstić information content (AvgIpc) is 3.16. The molecule has 3 aromatic rings. The molecule has 1 N–H and O–H groups in total. The van der Waals surface area contributed by atoms with E-state index >= 15 is 0 Å². The van der Waals surface area contributed by atoms with Gasteiger partial charge in [0, 0.05) is 36.5 Å². The van der Waals surface area contributed by atoms with Gasteiger partial charge in [0.1, 0.15) is 6.26 Å². The molecule has 1 amide bonds. The van der Waals surface area contributed by atoms with Gasteiger partial charge in [-0.25, -0.2) is 4.98 Å². The number of nitrogens with zero attached hydrogens (tertiary/aromatic N) is 3. The molecule has 0 radical (unpaired) electrons. The van der Waals surface area contributed by atoms with Gasteiger partial charge in [-0.05, 0) is 37.1 Å². The molecule has 7 heteroatoms. The standard InChI is InChI=1S/C21H23ClN4O2/c1-15(2)26(12-17-7-3-4-8-18(17)22)13-20-25-19(14-28-20)21(27)24-11-16-6-5-9-23-10-16/h3-10,14-15H,11-13H2,1-2H3,(H,24,27). The van der Waals surface area contributed by atoms with Crippen molar-refractivity contribution < 1.29 is 9.21 Å². The van der Waals surface area contributed by atoms with Gasteiger partial charge >= 0.3 is 0 Å². The molecule has 0 aliphatic rings. The van der Waals surface area contributed by atoms with E-state index in [1.807, 2.05) is 36.4 Å². The number of oxazole rings is 1. The Labute approximate surface area is 169 Å². The molecule has 28 heavy (non-hydrogen) atoms. The van der Waals surface area contributed by atoms with Gasteiger partial charge in [-0.2, -0.15) is 0 Å². The van der Waals surface area contributed by atoms with Gasteiger partial charge in [-0.15, -0.1) is 0 Å². The van der Waals surface area contributed by atoms with Crippen LogP contribution < -0.4 is 5.32 Å². The molecule has 0 atom stereocenters. The van der Waals surface area contributed by atoms with Gasteiger partial charge in [-0.1, -0.05) is 35.9 Å². The lowest BCUT2D eigenvalue weighted by molar-refractivity contribution is 0.0945. The van der Waals surface area contributed by atoms with Crippen LogP contribution in [0.5, 0.6) is 0 Å². The maximum absolute atomic E-state index is 12.3. The Kier molecular flexibility index (Phi) is 6.79. The Hall–Kier alpha value is -2.70. The third-order valence-electron chi connectivity index (χ3n) is 4.36. The van der Waals surface area contributed by atoms with Crippen molar-refractivity contribution in [3.05, 3.63) is 82.8 Å². The van der Waals surface area contributed by atoms with Crippen LogP contribution in [0.2, 0.25) is 5.02 Å². The van der Waals surface area contributed by atoms with Crippen molar-refractivity contribution in [2.75, 3.05) is 0 Å². The minimum absolute atomic E-state index is 0.256. The summed E-state index contributed by atoms with van der Waals surface area (Å²) in [5.74, 6) is 0.216. The fourth-order valence-corrected chi connectivity index (χ4v) is 2.90. The summed E-state index contributed by atoms with van der Waals surface area (Å²) < 4.78 is 5.53. The molecule has 6 nitrogen and oxygen atoms in total. The number of aromatic nitrogens is 2. The first kappa shape index (κ1) is 20.0. The van der Waals surface area contributed by atoms with Crippen LogP contribution in [-0.4, -0.2) is 26.8 Å². The second-order valence-electron chi connectivity index (χ2n) is 6.76. The molecule has 0 spiro atoms. The molecule has 0 bridgehead atoms. The molecule has 0 aliphatic carbocycles. The Morgan fingerprint density at radius 3 is 2.75 bits per heavy atom. The normalized spacial score (nSPS) is 11.2. The van der Waals surface area contributed by atoms with Crippen molar-refractivity contribution in [1.29, 1.82) is 0 Å².